The zero-order chi connectivity index (χ0) is 14.0. The van der Waals surface area contributed by atoms with Crippen LogP contribution in [0.3, 0.4) is 0 Å². The number of thiophene rings is 1. The molecule has 0 aliphatic rings. The van der Waals surface area contributed by atoms with Gasteiger partial charge in [0.1, 0.15) is 0 Å². The molecule has 0 aliphatic heterocycles. The third kappa shape index (κ3) is 2.98. The van der Waals surface area contributed by atoms with Gasteiger partial charge in [-0.25, -0.2) is 8.42 Å². The molecule has 0 radical (unpaired) electrons. The Morgan fingerprint density at radius 2 is 2.26 bits per heavy atom. The van der Waals surface area contributed by atoms with Crippen LogP contribution in [-0.4, -0.2) is 30.0 Å². The minimum Gasteiger partial charge on any atom is -0.326 e. The summed E-state index contributed by atoms with van der Waals surface area (Å²) < 4.78 is 26.6. The average molecular weight is 321 g/mol. The zero-order valence-corrected chi connectivity index (χ0v) is 12.5. The molecule has 2 rings (SSSR count). The summed E-state index contributed by atoms with van der Waals surface area (Å²) >= 11 is 7.17. The van der Waals surface area contributed by atoms with Crippen LogP contribution in [0.25, 0.3) is 0 Å². The SMILES string of the molecule is CN(Cc1ccc(Cl)s1)S(=O)(=O)c1[nH]ncc1CN. The second-order valence-electron chi connectivity index (χ2n) is 3.90. The lowest BCUT2D eigenvalue weighted by atomic mass is 10.4. The molecule has 2 heterocycles. The van der Waals surface area contributed by atoms with Crippen LogP contribution in [0.5, 0.6) is 0 Å². The van der Waals surface area contributed by atoms with Gasteiger partial charge in [0.15, 0.2) is 5.03 Å². The van der Waals surface area contributed by atoms with Crippen LogP contribution >= 0.6 is 22.9 Å². The Morgan fingerprint density at radius 1 is 1.53 bits per heavy atom. The van der Waals surface area contributed by atoms with Gasteiger partial charge in [0.2, 0.25) is 0 Å². The molecular formula is C10H13ClN4O2S2. The van der Waals surface area contributed by atoms with Gasteiger partial charge in [-0.05, 0) is 12.1 Å². The molecule has 0 saturated heterocycles. The van der Waals surface area contributed by atoms with E-state index in [-0.39, 0.29) is 18.1 Å². The fraction of sp³-hybridized carbons (Fsp3) is 0.300. The van der Waals surface area contributed by atoms with Crippen LogP contribution in [0.1, 0.15) is 10.4 Å². The standard InChI is InChI=1S/C10H13ClN4O2S2/c1-15(6-8-2-3-9(11)18-8)19(16,17)10-7(4-12)5-13-14-10/h2-3,5H,4,6,12H2,1H3,(H,13,14). The van der Waals surface area contributed by atoms with Gasteiger partial charge in [-0.3, -0.25) is 5.10 Å². The van der Waals surface area contributed by atoms with Crippen LogP contribution in [-0.2, 0) is 23.1 Å². The monoisotopic (exact) mass is 320 g/mol. The van der Waals surface area contributed by atoms with E-state index in [1.165, 1.54) is 28.9 Å². The highest BCUT2D eigenvalue weighted by Crippen LogP contribution is 2.24. The molecule has 9 heteroatoms. The first kappa shape index (κ1) is 14.5. The predicted octanol–water partition coefficient (Wildman–Crippen LogP) is 1.40. The molecule has 0 bridgehead atoms. The van der Waals surface area contributed by atoms with Crippen molar-refractivity contribution in [1.29, 1.82) is 0 Å². The Morgan fingerprint density at radius 3 is 2.84 bits per heavy atom. The molecule has 19 heavy (non-hydrogen) atoms. The van der Waals surface area contributed by atoms with E-state index >= 15 is 0 Å². The van der Waals surface area contributed by atoms with Gasteiger partial charge < -0.3 is 5.73 Å². The summed E-state index contributed by atoms with van der Waals surface area (Å²) in [6, 6.07) is 3.54. The highest BCUT2D eigenvalue weighted by molar-refractivity contribution is 7.89. The molecule has 0 fully saturated rings. The topological polar surface area (TPSA) is 92.1 Å². The van der Waals surface area contributed by atoms with Crippen LogP contribution < -0.4 is 5.73 Å². The van der Waals surface area contributed by atoms with Crippen LogP contribution in [0.15, 0.2) is 23.4 Å². The summed E-state index contributed by atoms with van der Waals surface area (Å²) in [7, 11) is -2.12. The van der Waals surface area contributed by atoms with Gasteiger partial charge >= 0.3 is 0 Å². The lowest BCUT2D eigenvalue weighted by molar-refractivity contribution is 0.465. The Labute approximate surface area is 120 Å². The van der Waals surface area contributed by atoms with E-state index in [1.54, 1.807) is 12.1 Å². The smallest absolute Gasteiger partial charge is 0.260 e. The van der Waals surface area contributed by atoms with E-state index < -0.39 is 10.0 Å². The quantitative estimate of drug-likeness (QED) is 0.871. The first-order valence-electron chi connectivity index (χ1n) is 5.38. The summed E-state index contributed by atoms with van der Waals surface area (Å²) in [5, 5.41) is 6.25. The number of nitrogens with zero attached hydrogens (tertiary/aromatic N) is 2. The van der Waals surface area contributed by atoms with Gasteiger partial charge in [-0.1, -0.05) is 11.6 Å². The minimum atomic E-state index is -3.63. The molecule has 0 atom stereocenters. The molecule has 3 N–H and O–H groups in total. The number of aromatic amines is 1. The van der Waals surface area contributed by atoms with E-state index in [1.807, 2.05) is 0 Å². The molecule has 0 aliphatic carbocycles. The number of sulfonamides is 1. The number of hydrogen-bond donors (Lipinski definition) is 2. The lowest BCUT2D eigenvalue weighted by Gasteiger charge is -2.15. The molecule has 6 nitrogen and oxygen atoms in total. The Balaban J connectivity index is 2.24. The van der Waals surface area contributed by atoms with E-state index in [0.717, 1.165) is 4.88 Å². The second kappa shape index (κ2) is 5.59. The lowest BCUT2D eigenvalue weighted by Crippen LogP contribution is -2.27. The van der Waals surface area contributed by atoms with Crippen molar-refractivity contribution >= 4 is 33.0 Å². The molecule has 0 saturated carbocycles. The highest BCUT2D eigenvalue weighted by atomic mass is 35.5. The number of rotatable bonds is 5. The number of halogens is 1. The van der Waals surface area contributed by atoms with Crippen molar-refractivity contribution in [3.63, 3.8) is 0 Å². The Kier molecular flexibility index (Phi) is 4.26. The number of hydrogen-bond acceptors (Lipinski definition) is 5. The molecule has 2 aromatic heterocycles. The fourth-order valence-corrected chi connectivity index (χ4v) is 4.04. The predicted molar refractivity (Wildman–Crippen MR) is 74.5 cm³/mol. The summed E-state index contributed by atoms with van der Waals surface area (Å²) in [4.78, 5) is 0.866. The fourth-order valence-electron chi connectivity index (χ4n) is 1.56. The maximum absolute atomic E-state index is 12.4. The van der Waals surface area contributed by atoms with Crippen molar-refractivity contribution in [2.24, 2.45) is 5.73 Å². The third-order valence-corrected chi connectivity index (χ3v) is 5.61. The van der Waals surface area contributed by atoms with Crippen molar-refractivity contribution in [2.45, 2.75) is 18.1 Å². The molecule has 0 amide bonds. The number of nitrogens with two attached hydrogens (primary N) is 1. The van der Waals surface area contributed by atoms with Crippen molar-refractivity contribution in [1.82, 2.24) is 14.5 Å². The average Bonchev–Trinajstić information content (AvgIpc) is 2.97. The van der Waals surface area contributed by atoms with Crippen molar-refractivity contribution in [2.75, 3.05) is 7.05 Å². The van der Waals surface area contributed by atoms with Crippen molar-refractivity contribution in [3.8, 4) is 0 Å². The summed E-state index contributed by atoms with van der Waals surface area (Å²) in [6.45, 7) is 0.368. The maximum Gasteiger partial charge on any atom is 0.260 e. The zero-order valence-electron chi connectivity index (χ0n) is 10.1. The Bertz CT molecular complexity index is 665. The Hall–Kier alpha value is -0.930. The molecule has 2 aromatic rings. The number of nitrogens with one attached hydrogen (secondary N) is 1. The van der Waals surface area contributed by atoms with E-state index in [4.69, 9.17) is 17.3 Å². The third-order valence-electron chi connectivity index (χ3n) is 2.57. The van der Waals surface area contributed by atoms with Crippen molar-refractivity contribution < 1.29 is 8.42 Å². The molecule has 104 valence electrons. The minimum absolute atomic E-state index is 0.0418. The molecule has 0 spiro atoms. The van der Waals surface area contributed by atoms with Gasteiger partial charge in [0.05, 0.1) is 10.5 Å². The van der Waals surface area contributed by atoms with Gasteiger partial charge in [-0.2, -0.15) is 9.40 Å². The second-order valence-corrected chi connectivity index (χ2v) is 7.68. The van der Waals surface area contributed by atoms with E-state index in [0.29, 0.717) is 9.90 Å². The first-order valence-corrected chi connectivity index (χ1v) is 8.01. The van der Waals surface area contributed by atoms with Crippen molar-refractivity contribution in [3.05, 3.63) is 33.1 Å². The molecule has 0 aromatic carbocycles. The molecule has 0 unspecified atom stereocenters. The van der Waals surface area contributed by atoms with Gasteiger partial charge in [0, 0.05) is 30.6 Å². The highest BCUT2D eigenvalue weighted by Gasteiger charge is 2.25. The molecular weight excluding hydrogens is 308 g/mol. The van der Waals surface area contributed by atoms with Crippen LogP contribution in [0.2, 0.25) is 4.34 Å². The summed E-state index contributed by atoms with van der Waals surface area (Å²) in [5.41, 5.74) is 5.96. The largest absolute Gasteiger partial charge is 0.326 e. The van der Waals surface area contributed by atoms with E-state index in [9.17, 15) is 8.42 Å². The first-order chi connectivity index (χ1) is 8.95. The normalized spacial score (nSPS) is 12.2. The van der Waals surface area contributed by atoms with E-state index in [2.05, 4.69) is 10.2 Å². The maximum atomic E-state index is 12.4. The van der Waals surface area contributed by atoms with Crippen LogP contribution in [0, 0.1) is 0 Å². The number of aromatic nitrogens is 2. The van der Waals surface area contributed by atoms with Crippen LogP contribution in [0.4, 0.5) is 0 Å². The number of H-pyrrole nitrogens is 1. The van der Waals surface area contributed by atoms with Gasteiger partial charge in [-0.15, -0.1) is 11.3 Å². The summed E-state index contributed by atoms with van der Waals surface area (Å²) in [5.74, 6) is 0. The summed E-state index contributed by atoms with van der Waals surface area (Å²) in [6.07, 6.45) is 1.42. The van der Waals surface area contributed by atoms with Gasteiger partial charge in [0.25, 0.3) is 10.0 Å².